The number of nitrogens with one attached hydrogen (secondary N) is 1. The van der Waals surface area contributed by atoms with E-state index in [1.807, 2.05) is 0 Å². The number of Topliss-reactive ketones (excluding diaryl/α,β-unsaturated/α-hetero) is 1. The lowest BCUT2D eigenvalue weighted by Gasteiger charge is -2.33. The van der Waals surface area contributed by atoms with Gasteiger partial charge < -0.3 is 19.5 Å². The van der Waals surface area contributed by atoms with E-state index in [0.717, 1.165) is 0 Å². The summed E-state index contributed by atoms with van der Waals surface area (Å²) >= 11 is 0. The first-order valence-corrected chi connectivity index (χ1v) is 8.03. The van der Waals surface area contributed by atoms with E-state index in [-0.39, 0.29) is 25.3 Å². The molecule has 132 valence electrons. The van der Waals surface area contributed by atoms with Crippen LogP contribution in [0.2, 0.25) is 0 Å². The molecule has 0 saturated carbocycles. The lowest BCUT2D eigenvalue weighted by molar-refractivity contribution is -0.128. The molecular formula is C17H18FN3O4. The number of ether oxygens (including phenoxy) is 1. The van der Waals surface area contributed by atoms with E-state index in [9.17, 15) is 18.8 Å². The Labute approximate surface area is 143 Å². The summed E-state index contributed by atoms with van der Waals surface area (Å²) in [6.07, 6.45) is 0.999. The number of carbonyl (C=O) groups excluding carboxylic acids is 3. The Bertz CT molecular complexity index is 824. The average molecular weight is 347 g/mol. The van der Waals surface area contributed by atoms with E-state index in [4.69, 9.17) is 4.74 Å². The molecule has 7 nitrogen and oxygen atoms in total. The Hall–Kier alpha value is -2.90. The molecule has 2 aromatic rings. The van der Waals surface area contributed by atoms with Crippen LogP contribution in [-0.4, -0.2) is 65.4 Å². The number of fused-ring (bicyclic) bond motifs is 1. The zero-order valence-corrected chi connectivity index (χ0v) is 13.8. The van der Waals surface area contributed by atoms with Gasteiger partial charge in [-0.25, -0.2) is 9.18 Å². The molecule has 1 saturated heterocycles. The van der Waals surface area contributed by atoms with Crippen LogP contribution in [0.4, 0.5) is 9.18 Å². The molecule has 2 amide bonds. The summed E-state index contributed by atoms with van der Waals surface area (Å²) in [5, 5.41) is 0.505. The summed E-state index contributed by atoms with van der Waals surface area (Å²) in [5.41, 5.74) is 0.677. The average Bonchev–Trinajstić information content (AvgIpc) is 3.03. The zero-order chi connectivity index (χ0) is 18.0. The third-order valence-electron chi connectivity index (χ3n) is 4.18. The number of aromatic nitrogens is 1. The minimum Gasteiger partial charge on any atom is -0.450 e. The molecule has 0 unspecified atom stereocenters. The number of halogens is 1. The normalized spacial score (nSPS) is 14.6. The van der Waals surface area contributed by atoms with Crippen molar-refractivity contribution in [3.05, 3.63) is 35.8 Å². The van der Waals surface area contributed by atoms with Crippen LogP contribution in [0, 0.1) is 5.82 Å². The molecule has 3 rings (SSSR count). The number of nitrogens with zero attached hydrogens (tertiary/aromatic N) is 2. The molecule has 0 bridgehead atoms. The number of carbonyl (C=O) groups is 3. The van der Waals surface area contributed by atoms with Crippen LogP contribution < -0.4 is 0 Å². The first kappa shape index (κ1) is 16.9. The van der Waals surface area contributed by atoms with E-state index in [1.54, 1.807) is 6.92 Å². The number of benzene rings is 1. The second-order valence-electron chi connectivity index (χ2n) is 5.70. The van der Waals surface area contributed by atoms with Gasteiger partial charge in [0.25, 0.3) is 11.7 Å². The monoisotopic (exact) mass is 347 g/mol. The minimum atomic E-state index is -0.651. The lowest BCUT2D eigenvalue weighted by Crippen LogP contribution is -2.52. The van der Waals surface area contributed by atoms with Crippen LogP contribution in [0.1, 0.15) is 17.3 Å². The van der Waals surface area contributed by atoms with Crippen molar-refractivity contribution in [2.45, 2.75) is 6.92 Å². The zero-order valence-electron chi connectivity index (χ0n) is 13.8. The second kappa shape index (κ2) is 6.92. The third kappa shape index (κ3) is 3.33. The highest BCUT2D eigenvalue weighted by Gasteiger charge is 2.30. The second-order valence-corrected chi connectivity index (χ2v) is 5.70. The summed E-state index contributed by atoms with van der Waals surface area (Å²) in [5.74, 6) is -1.70. The van der Waals surface area contributed by atoms with E-state index < -0.39 is 23.6 Å². The summed E-state index contributed by atoms with van der Waals surface area (Å²) in [4.78, 5) is 42.4. The molecule has 1 aromatic carbocycles. The van der Waals surface area contributed by atoms with Gasteiger partial charge in [-0.05, 0) is 25.1 Å². The SMILES string of the molecule is CCOC(=O)N1CCN(C(=O)C(=O)c2c[nH]c3cc(F)ccc23)CC1. The topological polar surface area (TPSA) is 82.7 Å². The highest BCUT2D eigenvalue weighted by Crippen LogP contribution is 2.20. The predicted octanol–water partition coefficient (Wildman–Crippen LogP) is 1.79. The summed E-state index contributed by atoms with van der Waals surface area (Å²) < 4.78 is 18.2. The summed E-state index contributed by atoms with van der Waals surface area (Å²) in [6.45, 7) is 3.18. The van der Waals surface area contributed by atoms with Crippen molar-refractivity contribution in [3.63, 3.8) is 0 Å². The molecule has 2 heterocycles. The summed E-state index contributed by atoms with van der Waals surface area (Å²) in [6, 6.07) is 3.99. The fraction of sp³-hybridized carbons (Fsp3) is 0.353. The number of piperazine rings is 1. The number of ketones is 1. The van der Waals surface area contributed by atoms with Crippen LogP contribution in [0.5, 0.6) is 0 Å². The molecule has 1 aliphatic heterocycles. The van der Waals surface area contributed by atoms with Gasteiger partial charge in [-0.3, -0.25) is 9.59 Å². The van der Waals surface area contributed by atoms with Gasteiger partial charge in [0.2, 0.25) is 0 Å². The van der Waals surface area contributed by atoms with Crippen LogP contribution in [0.15, 0.2) is 24.4 Å². The molecule has 1 aromatic heterocycles. The quantitative estimate of drug-likeness (QED) is 0.678. The lowest BCUT2D eigenvalue weighted by atomic mass is 10.1. The van der Waals surface area contributed by atoms with Crippen molar-refractivity contribution >= 4 is 28.7 Å². The van der Waals surface area contributed by atoms with Gasteiger partial charge in [-0.2, -0.15) is 0 Å². The first-order chi connectivity index (χ1) is 12.0. The number of amides is 2. The number of hydrogen-bond acceptors (Lipinski definition) is 4. The number of hydrogen-bond donors (Lipinski definition) is 1. The van der Waals surface area contributed by atoms with Crippen LogP contribution in [-0.2, 0) is 9.53 Å². The molecule has 1 fully saturated rings. The Morgan fingerprint density at radius 3 is 2.52 bits per heavy atom. The minimum absolute atomic E-state index is 0.216. The van der Waals surface area contributed by atoms with E-state index in [1.165, 1.54) is 34.2 Å². The smallest absolute Gasteiger partial charge is 0.409 e. The van der Waals surface area contributed by atoms with Crippen LogP contribution in [0.3, 0.4) is 0 Å². The maximum absolute atomic E-state index is 13.2. The van der Waals surface area contributed by atoms with Gasteiger partial charge in [0.05, 0.1) is 12.2 Å². The summed E-state index contributed by atoms with van der Waals surface area (Å²) in [7, 11) is 0. The highest BCUT2D eigenvalue weighted by molar-refractivity contribution is 6.44. The highest BCUT2D eigenvalue weighted by atomic mass is 19.1. The Morgan fingerprint density at radius 1 is 1.16 bits per heavy atom. The Kier molecular flexibility index (Phi) is 4.69. The third-order valence-corrected chi connectivity index (χ3v) is 4.18. The maximum atomic E-state index is 13.2. The first-order valence-electron chi connectivity index (χ1n) is 8.03. The molecule has 0 aliphatic carbocycles. The predicted molar refractivity (Wildman–Crippen MR) is 87.8 cm³/mol. The van der Waals surface area contributed by atoms with Crippen molar-refractivity contribution in [2.75, 3.05) is 32.8 Å². The number of H-pyrrole nitrogens is 1. The van der Waals surface area contributed by atoms with Crippen molar-refractivity contribution in [1.29, 1.82) is 0 Å². The molecule has 0 atom stereocenters. The molecule has 1 aliphatic rings. The molecule has 8 heteroatoms. The Balaban J connectivity index is 1.69. The van der Waals surface area contributed by atoms with Crippen molar-refractivity contribution in [2.24, 2.45) is 0 Å². The van der Waals surface area contributed by atoms with Gasteiger partial charge >= 0.3 is 6.09 Å². The fourth-order valence-corrected chi connectivity index (χ4v) is 2.85. The maximum Gasteiger partial charge on any atom is 0.409 e. The van der Waals surface area contributed by atoms with Gasteiger partial charge in [0.1, 0.15) is 5.82 Å². The van der Waals surface area contributed by atoms with Gasteiger partial charge in [0, 0.05) is 43.3 Å². The van der Waals surface area contributed by atoms with Crippen molar-refractivity contribution in [3.8, 4) is 0 Å². The van der Waals surface area contributed by atoms with E-state index in [2.05, 4.69) is 4.98 Å². The molecular weight excluding hydrogens is 329 g/mol. The van der Waals surface area contributed by atoms with Gasteiger partial charge in [0.15, 0.2) is 0 Å². The number of rotatable bonds is 3. The Morgan fingerprint density at radius 2 is 1.84 bits per heavy atom. The standard InChI is InChI=1S/C17H18FN3O4/c1-2-25-17(24)21-7-5-20(6-8-21)16(23)15(22)13-10-19-14-9-11(18)3-4-12(13)14/h3-4,9-10,19H,2,5-8H2,1H3. The van der Waals surface area contributed by atoms with Crippen molar-refractivity contribution < 1.29 is 23.5 Å². The van der Waals surface area contributed by atoms with Crippen LogP contribution in [0.25, 0.3) is 10.9 Å². The molecule has 1 N–H and O–H groups in total. The van der Waals surface area contributed by atoms with Crippen molar-refractivity contribution in [1.82, 2.24) is 14.8 Å². The fourth-order valence-electron chi connectivity index (χ4n) is 2.85. The van der Waals surface area contributed by atoms with E-state index >= 15 is 0 Å². The van der Waals surface area contributed by atoms with Crippen LogP contribution >= 0.6 is 0 Å². The number of aromatic amines is 1. The molecule has 0 spiro atoms. The van der Waals surface area contributed by atoms with E-state index in [0.29, 0.717) is 24.0 Å². The van der Waals surface area contributed by atoms with Gasteiger partial charge in [-0.15, -0.1) is 0 Å². The van der Waals surface area contributed by atoms with Gasteiger partial charge in [-0.1, -0.05) is 0 Å². The molecule has 0 radical (unpaired) electrons. The molecule has 25 heavy (non-hydrogen) atoms. The largest absolute Gasteiger partial charge is 0.450 e.